The lowest BCUT2D eigenvalue weighted by Gasteiger charge is -2.32. The third kappa shape index (κ3) is 3.95. The van der Waals surface area contributed by atoms with Gasteiger partial charge in [0.1, 0.15) is 0 Å². The van der Waals surface area contributed by atoms with Gasteiger partial charge in [-0.2, -0.15) is 0 Å². The van der Waals surface area contributed by atoms with Gasteiger partial charge >= 0.3 is 0 Å². The molecule has 0 amide bonds. The number of hydrogen-bond donors (Lipinski definition) is 0. The van der Waals surface area contributed by atoms with Gasteiger partial charge in [-0.05, 0) is 30.7 Å². The van der Waals surface area contributed by atoms with E-state index in [0.29, 0.717) is 12.0 Å². The minimum Gasteiger partial charge on any atom is -0.381 e. The first-order chi connectivity index (χ1) is 9.81. The highest BCUT2D eigenvalue weighted by Crippen LogP contribution is 2.25. The molecular formula is C15H22ClNO2S. The fourth-order valence-corrected chi connectivity index (χ4v) is 4.00. The molecule has 2 fully saturated rings. The first-order valence-electron chi connectivity index (χ1n) is 7.45. The van der Waals surface area contributed by atoms with E-state index >= 15 is 0 Å². The smallest absolute Gasteiger partial charge is 0.0599 e. The predicted molar refractivity (Wildman–Crippen MR) is 82.5 cm³/mol. The van der Waals surface area contributed by atoms with E-state index in [0.717, 1.165) is 63.7 Å². The summed E-state index contributed by atoms with van der Waals surface area (Å²) in [5, 5.41) is 2.98. The molecule has 1 aromatic heterocycles. The largest absolute Gasteiger partial charge is 0.381 e. The Balaban J connectivity index is 1.37. The molecule has 0 saturated carbocycles. The molecule has 3 nitrogen and oxygen atoms in total. The van der Waals surface area contributed by atoms with Gasteiger partial charge in [-0.3, -0.25) is 4.90 Å². The van der Waals surface area contributed by atoms with Crippen LogP contribution in [0.15, 0.2) is 11.4 Å². The standard InChI is InChI=1S/C15H22ClNO2S/c16-14-4-8-20-15(14)9-17-5-1-13(2-6-17)19-11-12-3-7-18-10-12/h4,8,12-13H,1-3,5-7,9-11H2. The summed E-state index contributed by atoms with van der Waals surface area (Å²) in [5.74, 6) is 0.623. The van der Waals surface area contributed by atoms with Gasteiger partial charge < -0.3 is 9.47 Å². The molecule has 0 N–H and O–H groups in total. The number of thiophene rings is 1. The minimum absolute atomic E-state index is 0.436. The van der Waals surface area contributed by atoms with Crippen molar-refractivity contribution in [1.29, 1.82) is 0 Å². The van der Waals surface area contributed by atoms with E-state index in [9.17, 15) is 0 Å². The van der Waals surface area contributed by atoms with E-state index in [1.807, 2.05) is 6.07 Å². The van der Waals surface area contributed by atoms with Crippen molar-refractivity contribution in [3.63, 3.8) is 0 Å². The van der Waals surface area contributed by atoms with Crippen LogP contribution in [0.4, 0.5) is 0 Å². The number of rotatable bonds is 5. The maximum Gasteiger partial charge on any atom is 0.0599 e. The van der Waals surface area contributed by atoms with E-state index in [2.05, 4.69) is 10.3 Å². The van der Waals surface area contributed by atoms with Crippen LogP contribution in [0.1, 0.15) is 24.1 Å². The molecule has 5 heteroatoms. The zero-order valence-corrected chi connectivity index (χ0v) is 13.3. The zero-order valence-electron chi connectivity index (χ0n) is 11.7. The first kappa shape index (κ1) is 14.8. The lowest BCUT2D eigenvalue weighted by Crippen LogP contribution is -2.37. The second kappa shape index (κ2) is 7.23. The van der Waals surface area contributed by atoms with Gasteiger partial charge in [0.2, 0.25) is 0 Å². The normalized spacial score (nSPS) is 25.4. The van der Waals surface area contributed by atoms with E-state index in [4.69, 9.17) is 21.1 Å². The van der Waals surface area contributed by atoms with Crippen LogP contribution in [0.5, 0.6) is 0 Å². The molecule has 2 saturated heterocycles. The van der Waals surface area contributed by atoms with Crippen molar-refractivity contribution in [3.8, 4) is 0 Å². The van der Waals surface area contributed by atoms with Gasteiger partial charge in [-0.1, -0.05) is 11.6 Å². The van der Waals surface area contributed by atoms with Crippen LogP contribution < -0.4 is 0 Å². The van der Waals surface area contributed by atoms with Crippen molar-refractivity contribution in [1.82, 2.24) is 4.90 Å². The summed E-state index contributed by atoms with van der Waals surface area (Å²) < 4.78 is 11.4. The summed E-state index contributed by atoms with van der Waals surface area (Å²) in [6.45, 7) is 5.88. The number of halogens is 1. The number of likely N-dealkylation sites (tertiary alicyclic amines) is 1. The average Bonchev–Trinajstić information content (AvgIpc) is 3.11. The third-order valence-corrected chi connectivity index (χ3v) is 5.56. The second-order valence-corrected chi connectivity index (χ2v) is 7.14. The first-order valence-corrected chi connectivity index (χ1v) is 8.70. The highest BCUT2D eigenvalue weighted by molar-refractivity contribution is 7.10. The molecule has 0 radical (unpaired) electrons. The van der Waals surface area contributed by atoms with Crippen LogP contribution >= 0.6 is 22.9 Å². The van der Waals surface area contributed by atoms with Crippen molar-refractivity contribution < 1.29 is 9.47 Å². The molecule has 1 aromatic rings. The van der Waals surface area contributed by atoms with Crippen LogP contribution in [-0.2, 0) is 16.0 Å². The van der Waals surface area contributed by atoms with Crippen molar-refractivity contribution in [2.75, 3.05) is 32.9 Å². The fraction of sp³-hybridized carbons (Fsp3) is 0.733. The molecule has 3 heterocycles. The van der Waals surface area contributed by atoms with Gasteiger partial charge in [0.25, 0.3) is 0 Å². The van der Waals surface area contributed by atoms with Crippen molar-refractivity contribution in [2.24, 2.45) is 5.92 Å². The van der Waals surface area contributed by atoms with Crippen LogP contribution in [0.3, 0.4) is 0 Å². The van der Waals surface area contributed by atoms with Crippen molar-refractivity contribution >= 4 is 22.9 Å². The Bertz CT molecular complexity index is 412. The Morgan fingerprint density at radius 2 is 2.20 bits per heavy atom. The molecule has 1 atom stereocenters. The minimum atomic E-state index is 0.436. The Hall–Kier alpha value is -0.130. The monoisotopic (exact) mass is 315 g/mol. The van der Waals surface area contributed by atoms with E-state index in [-0.39, 0.29) is 0 Å². The highest BCUT2D eigenvalue weighted by Gasteiger charge is 2.23. The number of ether oxygens (including phenoxy) is 2. The maximum atomic E-state index is 6.16. The molecular weight excluding hydrogens is 294 g/mol. The van der Waals surface area contributed by atoms with Crippen molar-refractivity contribution in [3.05, 3.63) is 21.3 Å². The van der Waals surface area contributed by atoms with E-state index in [1.165, 1.54) is 4.88 Å². The molecule has 3 rings (SSSR count). The van der Waals surface area contributed by atoms with Crippen LogP contribution in [0.25, 0.3) is 0 Å². The quantitative estimate of drug-likeness (QED) is 0.831. The molecule has 112 valence electrons. The molecule has 20 heavy (non-hydrogen) atoms. The van der Waals surface area contributed by atoms with Gasteiger partial charge in [-0.25, -0.2) is 0 Å². The molecule has 1 unspecified atom stereocenters. The summed E-state index contributed by atoms with van der Waals surface area (Å²) in [6, 6.07) is 1.99. The second-order valence-electron chi connectivity index (χ2n) is 5.73. The predicted octanol–water partition coefficient (Wildman–Crippen LogP) is 3.42. The highest BCUT2D eigenvalue weighted by atomic mass is 35.5. The summed E-state index contributed by atoms with van der Waals surface area (Å²) in [7, 11) is 0. The third-order valence-electron chi connectivity index (χ3n) is 4.18. The fourth-order valence-electron chi connectivity index (χ4n) is 2.86. The Morgan fingerprint density at radius 3 is 2.85 bits per heavy atom. The Kier molecular flexibility index (Phi) is 5.35. The Labute approximate surface area is 129 Å². The molecule has 2 aliphatic heterocycles. The lowest BCUT2D eigenvalue weighted by molar-refractivity contribution is -0.0115. The summed E-state index contributed by atoms with van der Waals surface area (Å²) >= 11 is 7.91. The molecule has 0 aromatic carbocycles. The van der Waals surface area contributed by atoms with Crippen LogP contribution in [-0.4, -0.2) is 43.9 Å². The number of nitrogens with zero attached hydrogens (tertiary/aromatic N) is 1. The SMILES string of the molecule is Clc1ccsc1CN1CCC(OCC2CCOC2)CC1. The lowest BCUT2D eigenvalue weighted by atomic mass is 10.1. The topological polar surface area (TPSA) is 21.7 Å². The zero-order chi connectivity index (χ0) is 13.8. The molecule has 0 aliphatic carbocycles. The van der Waals surface area contributed by atoms with Gasteiger partial charge in [0.15, 0.2) is 0 Å². The Morgan fingerprint density at radius 1 is 1.35 bits per heavy atom. The summed E-state index contributed by atoms with van der Waals surface area (Å²) in [6.07, 6.45) is 3.87. The molecule has 0 spiro atoms. The molecule has 2 aliphatic rings. The van der Waals surface area contributed by atoms with Gasteiger partial charge in [0.05, 0.1) is 24.3 Å². The maximum absolute atomic E-state index is 6.16. The summed E-state index contributed by atoms with van der Waals surface area (Å²) in [4.78, 5) is 3.77. The van der Waals surface area contributed by atoms with E-state index < -0.39 is 0 Å². The average molecular weight is 316 g/mol. The summed E-state index contributed by atoms with van der Waals surface area (Å²) in [5.41, 5.74) is 0. The van der Waals surface area contributed by atoms with Gasteiger partial charge in [-0.15, -0.1) is 11.3 Å². The number of piperidine rings is 1. The van der Waals surface area contributed by atoms with Crippen LogP contribution in [0, 0.1) is 5.92 Å². The van der Waals surface area contributed by atoms with Crippen molar-refractivity contribution in [2.45, 2.75) is 31.9 Å². The number of hydrogen-bond acceptors (Lipinski definition) is 4. The van der Waals surface area contributed by atoms with Crippen LogP contribution in [0.2, 0.25) is 5.02 Å². The molecule has 0 bridgehead atoms. The van der Waals surface area contributed by atoms with E-state index in [1.54, 1.807) is 11.3 Å². The van der Waals surface area contributed by atoms with Gasteiger partial charge in [0, 0.05) is 37.0 Å².